The predicted octanol–water partition coefficient (Wildman–Crippen LogP) is 4.95. The molecule has 2 fully saturated rings. The SMILES string of the molecule is CCOc1ccc2[nH]c(=O)c([C@H](c3nnnn3C3CCCCC3)N3CCN(c4cc(C)ccc4C)CC3)cc2c1. The van der Waals surface area contributed by atoms with E-state index >= 15 is 0 Å². The van der Waals surface area contributed by atoms with Gasteiger partial charge in [-0.3, -0.25) is 9.69 Å². The molecule has 1 aliphatic carbocycles. The fourth-order valence-electron chi connectivity index (χ4n) is 6.41. The molecule has 3 heterocycles. The van der Waals surface area contributed by atoms with Crippen LogP contribution in [0.2, 0.25) is 0 Å². The lowest BCUT2D eigenvalue weighted by atomic mass is 9.95. The number of hydrogen-bond donors (Lipinski definition) is 1. The van der Waals surface area contributed by atoms with Crippen molar-refractivity contribution in [3.8, 4) is 5.75 Å². The van der Waals surface area contributed by atoms with E-state index in [0.29, 0.717) is 12.2 Å². The molecule has 1 atom stereocenters. The molecule has 1 aliphatic heterocycles. The summed E-state index contributed by atoms with van der Waals surface area (Å²) in [6.45, 7) is 10.2. The number of aromatic nitrogens is 5. The Balaban J connectivity index is 1.39. The molecule has 0 bridgehead atoms. The van der Waals surface area contributed by atoms with Crippen LogP contribution in [-0.4, -0.2) is 62.9 Å². The van der Waals surface area contributed by atoms with E-state index in [1.807, 2.05) is 35.9 Å². The number of hydrogen-bond acceptors (Lipinski definition) is 7. The minimum atomic E-state index is -0.346. The van der Waals surface area contributed by atoms with E-state index in [9.17, 15) is 4.79 Å². The Morgan fingerprint density at radius 1 is 1.00 bits per heavy atom. The van der Waals surface area contributed by atoms with Crippen molar-refractivity contribution in [2.24, 2.45) is 0 Å². The van der Waals surface area contributed by atoms with Gasteiger partial charge in [0.15, 0.2) is 5.82 Å². The summed E-state index contributed by atoms with van der Waals surface area (Å²) < 4.78 is 7.77. The lowest BCUT2D eigenvalue weighted by molar-refractivity contribution is 0.192. The van der Waals surface area contributed by atoms with Crippen LogP contribution in [0.5, 0.6) is 5.75 Å². The molecule has 9 heteroatoms. The van der Waals surface area contributed by atoms with Crippen molar-refractivity contribution < 1.29 is 4.74 Å². The number of pyridine rings is 1. The predicted molar refractivity (Wildman–Crippen MR) is 157 cm³/mol. The average Bonchev–Trinajstić information content (AvgIpc) is 3.45. The van der Waals surface area contributed by atoms with Gasteiger partial charge in [0, 0.05) is 48.3 Å². The molecule has 40 heavy (non-hydrogen) atoms. The zero-order chi connectivity index (χ0) is 27.6. The lowest BCUT2D eigenvalue weighted by Gasteiger charge is -2.40. The number of nitrogens with zero attached hydrogens (tertiary/aromatic N) is 6. The summed E-state index contributed by atoms with van der Waals surface area (Å²) in [7, 11) is 0. The van der Waals surface area contributed by atoms with Gasteiger partial charge in [-0.05, 0) is 85.5 Å². The van der Waals surface area contributed by atoms with Crippen molar-refractivity contribution in [2.75, 3.05) is 37.7 Å². The molecule has 0 radical (unpaired) electrons. The van der Waals surface area contributed by atoms with Crippen LogP contribution in [0, 0.1) is 13.8 Å². The average molecular weight is 542 g/mol. The molecule has 1 saturated heterocycles. The van der Waals surface area contributed by atoms with Gasteiger partial charge in [0.2, 0.25) is 0 Å². The largest absolute Gasteiger partial charge is 0.494 e. The monoisotopic (exact) mass is 541 g/mol. The van der Waals surface area contributed by atoms with Crippen molar-refractivity contribution in [2.45, 2.75) is 65.0 Å². The van der Waals surface area contributed by atoms with Crippen molar-refractivity contribution in [1.82, 2.24) is 30.1 Å². The minimum Gasteiger partial charge on any atom is -0.494 e. The van der Waals surface area contributed by atoms with Crippen LogP contribution in [0.15, 0.2) is 47.3 Å². The van der Waals surface area contributed by atoms with Crippen molar-refractivity contribution in [3.63, 3.8) is 0 Å². The number of rotatable bonds is 7. The van der Waals surface area contributed by atoms with Gasteiger partial charge in [-0.2, -0.15) is 0 Å². The number of H-pyrrole nitrogens is 1. The molecule has 9 nitrogen and oxygen atoms in total. The summed E-state index contributed by atoms with van der Waals surface area (Å²) in [6, 6.07) is 14.4. The third-order valence-corrected chi connectivity index (χ3v) is 8.52. The van der Waals surface area contributed by atoms with E-state index in [1.54, 1.807) is 0 Å². The molecule has 210 valence electrons. The molecule has 2 aliphatic rings. The first-order valence-corrected chi connectivity index (χ1v) is 14.7. The highest BCUT2D eigenvalue weighted by molar-refractivity contribution is 5.80. The molecule has 2 aromatic carbocycles. The van der Waals surface area contributed by atoms with Crippen LogP contribution in [0.25, 0.3) is 10.9 Å². The van der Waals surface area contributed by atoms with E-state index in [4.69, 9.17) is 4.74 Å². The number of aromatic amines is 1. The first kappa shape index (κ1) is 26.5. The highest BCUT2D eigenvalue weighted by atomic mass is 16.5. The quantitative estimate of drug-likeness (QED) is 0.354. The van der Waals surface area contributed by atoms with Crippen LogP contribution in [0.3, 0.4) is 0 Å². The third-order valence-electron chi connectivity index (χ3n) is 8.52. The van der Waals surface area contributed by atoms with E-state index in [0.717, 1.165) is 61.5 Å². The molecule has 0 spiro atoms. The number of benzene rings is 2. The molecule has 0 unspecified atom stereocenters. The van der Waals surface area contributed by atoms with Gasteiger partial charge < -0.3 is 14.6 Å². The highest BCUT2D eigenvalue weighted by Crippen LogP contribution is 2.34. The van der Waals surface area contributed by atoms with Gasteiger partial charge >= 0.3 is 0 Å². The highest BCUT2D eigenvalue weighted by Gasteiger charge is 2.34. The maximum atomic E-state index is 13.7. The van der Waals surface area contributed by atoms with Gasteiger partial charge in [0.05, 0.1) is 12.6 Å². The smallest absolute Gasteiger partial charge is 0.253 e. The normalized spacial score (nSPS) is 17.8. The van der Waals surface area contributed by atoms with Gasteiger partial charge in [0.25, 0.3) is 5.56 Å². The third kappa shape index (κ3) is 5.22. The van der Waals surface area contributed by atoms with Gasteiger partial charge in [-0.1, -0.05) is 31.4 Å². The number of piperazine rings is 1. The fourth-order valence-corrected chi connectivity index (χ4v) is 6.41. The van der Waals surface area contributed by atoms with Crippen LogP contribution in [-0.2, 0) is 0 Å². The van der Waals surface area contributed by atoms with E-state index < -0.39 is 0 Å². The Kier molecular flexibility index (Phi) is 7.56. The van der Waals surface area contributed by atoms with Crippen molar-refractivity contribution in [3.05, 3.63) is 75.3 Å². The van der Waals surface area contributed by atoms with Crippen molar-refractivity contribution >= 4 is 16.6 Å². The summed E-state index contributed by atoms with van der Waals surface area (Å²) in [6.07, 6.45) is 5.75. The van der Waals surface area contributed by atoms with E-state index in [2.05, 4.69) is 62.4 Å². The standard InChI is InChI=1S/C31H39N7O2/c1-4-40-25-12-13-27-23(19-25)20-26(31(39)32-27)29(30-33-34-35-38(30)24-8-6-5-7-9-24)37-16-14-36(15-17-37)28-18-21(2)10-11-22(28)3/h10-13,18-20,24,29H,4-9,14-17H2,1-3H3,(H,32,39)/t29-/m1/s1. The molecule has 0 amide bonds. The first-order valence-electron chi connectivity index (χ1n) is 14.7. The van der Waals surface area contributed by atoms with Gasteiger partial charge in [0.1, 0.15) is 11.8 Å². The Hall–Kier alpha value is -3.72. The number of nitrogens with one attached hydrogen (secondary N) is 1. The Labute approximate surface area is 235 Å². The Bertz CT molecular complexity index is 1530. The van der Waals surface area contributed by atoms with Crippen LogP contribution >= 0.6 is 0 Å². The summed E-state index contributed by atoms with van der Waals surface area (Å²) >= 11 is 0. The van der Waals surface area contributed by atoms with Crippen LogP contribution in [0.1, 0.15) is 73.6 Å². The number of ether oxygens (including phenoxy) is 1. The van der Waals surface area contributed by atoms with E-state index in [-0.39, 0.29) is 17.6 Å². The maximum absolute atomic E-state index is 13.7. The minimum absolute atomic E-state index is 0.100. The number of fused-ring (bicyclic) bond motifs is 1. The molecule has 2 aromatic heterocycles. The summed E-state index contributed by atoms with van der Waals surface area (Å²) in [5.74, 6) is 1.55. The molecular formula is C31H39N7O2. The van der Waals surface area contributed by atoms with Gasteiger partial charge in [-0.15, -0.1) is 5.10 Å². The topological polar surface area (TPSA) is 92.2 Å². The second-order valence-electron chi connectivity index (χ2n) is 11.2. The number of tetrazole rings is 1. The number of aryl methyl sites for hydroxylation is 2. The second kappa shape index (κ2) is 11.4. The zero-order valence-electron chi connectivity index (χ0n) is 23.8. The summed E-state index contributed by atoms with van der Waals surface area (Å²) in [4.78, 5) is 21.6. The number of anilines is 1. The van der Waals surface area contributed by atoms with Gasteiger partial charge in [-0.25, -0.2) is 4.68 Å². The molecule has 1 saturated carbocycles. The lowest BCUT2D eigenvalue weighted by Crippen LogP contribution is -2.49. The van der Waals surface area contributed by atoms with Crippen molar-refractivity contribution in [1.29, 1.82) is 0 Å². The molecular weight excluding hydrogens is 502 g/mol. The fraction of sp³-hybridized carbons (Fsp3) is 0.484. The van der Waals surface area contributed by atoms with Crippen LogP contribution < -0.4 is 15.2 Å². The maximum Gasteiger partial charge on any atom is 0.253 e. The van der Waals surface area contributed by atoms with E-state index in [1.165, 1.54) is 36.1 Å². The first-order chi connectivity index (χ1) is 19.5. The summed E-state index contributed by atoms with van der Waals surface area (Å²) in [5.41, 5.74) is 5.21. The zero-order valence-corrected chi connectivity index (χ0v) is 23.8. The van der Waals surface area contributed by atoms with Crippen LogP contribution in [0.4, 0.5) is 5.69 Å². The second-order valence-corrected chi connectivity index (χ2v) is 11.2. The Morgan fingerprint density at radius 3 is 2.58 bits per heavy atom. The molecule has 4 aromatic rings. The molecule has 6 rings (SSSR count). The Morgan fingerprint density at radius 2 is 1.80 bits per heavy atom. The molecule has 1 N–H and O–H groups in total. The summed E-state index contributed by atoms with van der Waals surface area (Å²) in [5, 5.41) is 14.2.